The fourth-order valence-corrected chi connectivity index (χ4v) is 13.5. The summed E-state index contributed by atoms with van der Waals surface area (Å²) in [6.45, 7) is 3.68. The highest BCUT2D eigenvalue weighted by Gasteiger charge is 2.26. The van der Waals surface area contributed by atoms with Crippen LogP contribution in [0.25, 0.3) is 0 Å². The van der Waals surface area contributed by atoms with Gasteiger partial charge in [-0.25, -0.2) is 4.57 Å². The molecule has 0 bridgehead atoms. The van der Waals surface area contributed by atoms with Crippen LogP contribution in [-0.2, 0) is 32.7 Å². The van der Waals surface area contributed by atoms with Crippen LogP contribution in [0.1, 0.15) is 425 Å². The smallest absolute Gasteiger partial charge is 0.462 e. The van der Waals surface area contributed by atoms with Gasteiger partial charge < -0.3 is 20.1 Å². The maximum absolute atomic E-state index is 12.8. The summed E-state index contributed by atoms with van der Waals surface area (Å²) < 4.78 is 33.3. The Labute approximate surface area is 626 Å². The van der Waals surface area contributed by atoms with Gasteiger partial charge in [-0.3, -0.25) is 18.6 Å². The lowest BCUT2D eigenvalue weighted by Crippen LogP contribution is -2.29. The number of carbonyl (C=O) groups is 2. The first kappa shape index (κ1) is 97.7. The van der Waals surface area contributed by atoms with Crippen LogP contribution in [0.2, 0.25) is 0 Å². The van der Waals surface area contributed by atoms with Crippen molar-refractivity contribution in [1.29, 1.82) is 0 Å². The monoisotopic (exact) mass is 1430 g/mol. The number of esters is 2. The third-order valence-electron chi connectivity index (χ3n) is 19.1. The van der Waals surface area contributed by atoms with E-state index in [9.17, 15) is 19.0 Å². The zero-order valence-electron chi connectivity index (χ0n) is 66.4. The minimum atomic E-state index is -4.40. The number of nitrogens with two attached hydrogens (primary N) is 1. The second kappa shape index (κ2) is 85.6. The molecule has 0 radical (unpaired) electrons. The van der Waals surface area contributed by atoms with E-state index in [2.05, 4.69) is 123 Å². The van der Waals surface area contributed by atoms with E-state index in [-0.39, 0.29) is 38.6 Å². The minimum absolute atomic E-state index is 0.0535. The SMILES string of the molecule is CC/C=C\C/C=C\C/C=C\C/C=C\C/C=C\C/C=C\CCCCCCCCCCCCCCCCCCCCCCC(=O)OC(COC(=O)CCCCCCCCCCCCCCCCCCCCCCCCCCCC/C=C\C/C=C\C/C=C\CCCCCCC)COP(=O)(O)OCCN. The van der Waals surface area contributed by atoms with E-state index >= 15 is 0 Å². The number of carbonyl (C=O) groups excluding carboxylic acids is 2. The van der Waals surface area contributed by atoms with E-state index in [0.717, 1.165) is 83.5 Å². The van der Waals surface area contributed by atoms with Gasteiger partial charge >= 0.3 is 19.8 Å². The zero-order valence-corrected chi connectivity index (χ0v) is 67.3. The second-order valence-electron chi connectivity index (χ2n) is 29.0. The fraction of sp³-hybridized carbons (Fsp3) is 0.780. The number of phosphoric ester groups is 1. The van der Waals surface area contributed by atoms with E-state index in [1.807, 2.05) is 0 Å². The Morgan fingerprint density at radius 3 is 0.812 bits per heavy atom. The van der Waals surface area contributed by atoms with Gasteiger partial charge in [0.15, 0.2) is 6.10 Å². The first-order valence-electron chi connectivity index (χ1n) is 43.4. The summed E-state index contributed by atoms with van der Waals surface area (Å²) in [7, 11) is -4.40. The summed E-state index contributed by atoms with van der Waals surface area (Å²) in [5, 5.41) is 0. The highest BCUT2D eigenvalue weighted by molar-refractivity contribution is 7.47. The summed E-state index contributed by atoms with van der Waals surface area (Å²) in [6, 6.07) is 0. The molecule has 2 unspecified atom stereocenters. The van der Waals surface area contributed by atoms with E-state index in [0.29, 0.717) is 6.42 Å². The largest absolute Gasteiger partial charge is 0.472 e. The van der Waals surface area contributed by atoms with Gasteiger partial charge in [-0.05, 0) is 103 Å². The van der Waals surface area contributed by atoms with Crippen molar-refractivity contribution in [3.63, 3.8) is 0 Å². The van der Waals surface area contributed by atoms with Crippen LogP contribution in [0.15, 0.2) is 109 Å². The fourth-order valence-electron chi connectivity index (χ4n) is 12.8. The van der Waals surface area contributed by atoms with Gasteiger partial charge in [-0.1, -0.05) is 419 Å². The predicted molar refractivity (Wildman–Crippen MR) is 441 cm³/mol. The van der Waals surface area contributed by atoms with Crippen LogP contribution in [0.4, 0.5) is 0 Å². The Balaban J connectivity index is 3.74. The molecule has 0 fully saturated rings. The maximum Gasteiger partial charge on any atom is 0.472 e. The molecule has 0 rings (SSSR count). The van der Waals surface area contributed by atoms with Crippen LogP contribution in [0.5, 0.6) is 0 Å². The minimum Gasteiger partial charge on any atom is -0.462 e. The Bertz CT molecular complexity index is 2040. The third-order valence-corrected chi connectivity index (χ3v) is 20.1. The average Bonchev–Trinajstić information content (AvgIpc) is 1.01. The molecular formula is C91H164NO8P. The Morgan fingerprint density at radius 2 is 0.545 bits per heavy atom. The first-order valence-corrected chi connectivity index (χ1v) is 44.9. The van der Waals surface area contributed by atoms with E-state index < -0.39 is 26.5 Å². The van der Waals surface area contributed by atoms with Crippen molar-refractivity contribution >= 4 is 19.8 Å². The van der Waals surface area contributed by atoms with Crippen LogP contribution < -0.4 is 5.73 Å². The number of rotatable bonds is 82. The van der Waals surface area contributed by atoms with Gasteiger partial charge in [0.25, 0.3) is 0 Å². The molecule has 2 atom stereocenters. The lowest BCUT2D eigenvalue weighted by Gasteiger charge is -2.19. The van der Waals surface area contributed by atoms with E-state index in [1.165, 1.54) is 308 Å². The summed E-state index contributed by atoms with van der Waals surface area (Å²) in [5.41, 5.74) is 5.42. The zero-order chi connectivity index (χ0) is 72.9. The molecule has 0 aliphatic carbocycles. The van der Waals surface area contributed by atoms with Crippen LogP contribution in [-0.4, -0.2) is 49.3 Å². The lowest BCUT2D eigenvalue weighted by molar-refractivity contribution is -0.161. The molecule has 0 heterocycles. The Kier molecular flexibility index (Phi) is 82.8. The summed E-state index contributed by atoms with van der Waals surface area (Å²) in [4.78, 5) is 35.5. The standard InChI is InChI=1S/C91H164NO8P/c1-3-5-7-9-11-13-15-17-19-21-23-25-27-29-31-33-35-37-39-41-43-44-46-47-49-51-53-55-57-59-61-63-65-67-69-71-73-75-77-79-81-83-90(93)97-87-89(88-99-101(95,96)98-86-85-92)100-91(94)84-82-80-78-76-74-72-70-68-66-64-62-60-58-56-54-52-50-48-45-42-40-38-36-34-32-30-28-26-24-22-20-18-16-14-12-10-8-6-4-2/h6,8,12,14-15,17-18,20-21,23-24,26-27,29-30,32,36,38,89H,3-5,7,9-11,13,16,19,22,25,28,31,33-35,37,39-88,92H2,1-2H3,(H,95,96)/b8-6-,14-12-,17-15-,20-18-,23-21-,26-24-,29-27-,32-30-,38-36-. The highest BCUT2D eigenvalue weighted by atomic mass is 31.2. The number of phosphoric acid groups is 1. The molecule has 0 saturated heterocycles. The van der Waals surface area contributed by atoms with Crippen LogP contribution >= 0.6 is 7.82 Å². The van der Waals surface area contributed by atoms with E-state index in [1.54, 1.807) is 0 Å². The van der Waals surface area contributed by atoms with E-state index in [4.69, 9.17) is 24.3 Å². The molecule has 0 saturated carbocycles. The highest BCUT2D eigenvalue weighted by Crippen LogP contribution is 2.43. The molecule has 3 N–H and O–H groups in total. The van der Waals surface area contributed by atoms with Crippen LogP contribution in [0.3, 0.4) is 0 Å². The molecule has 0 aromatic carbocycles. The molecule has 0 aromatic heterocycles. The number of hydrogen-bond acceptors (Lipinski definition) is 8. The normalized spacial score (nSPS) is 13.3. The molecule has 0 spiro atoms. The third kappa shape index (κ3) is 85.5. The second-order valence-corrected chi connectivity index (χ2v) is 30.5. The quantitative estimate of drug-likeness (QED) is 0.0264. The molecule has 101 heavy (non-hydrogen) atoms. The van der Waals surface area contributed by atoms with Gasteiger partial charge in [0.1, 0.15) is 6.61 Å². The van der Waals surface area contributed by atoms with Gasteiger partial charge in [0, 0.05) is 19.4 Å². The van der Waals surface area contributed by atoms with Gasteiger partial charge in [0.2, 0.25) is 0 Å². The van der Waals surface area contributed by atoms with Crippen molar-refractivity contribution in [1.82, 2.24) is 0 Å². The Morgan fingerprint density at radius 1 is 0.307 bits per heavy atom. The van der Waals surface area contributed by atoms with Crippen molar-refractivity contribution < 1.29 is 37.6 Å². The Hall–Kier alpha value is -3.33. The van der Waals surface area contributed by atoms with Gasteiger partial charge in [-0.2, -0.15) is 0 Å². The van der Waals surface area contributed by atoms with Gasteiger partial charge in [0.05, 0.1) is 13.2 Å². The van der Waals surface area contributed by atoms with Crippen molar-refractivity contribution in [2.75, 3.05) is 26.4 Å². The molecule has 0 amide bonds. The van der Waals surface area contributed by atoms with Crippen LogP contribution in [0, 0.1) is 0 Å². The summed E-state index contributed by atoms with van der Waals surface area (Å²) in [6.07, 6.45) is 120. The first-order chi connectivity index (χ1) is 49.8. The predicted octanol–water partition coefficient (Wildman–Crippen LogP) is 29.5. The molecule has 9 nitrogen and oxygen atoms in total. The molecule has 0 aliphatic rings. The summed E-state index contributed by atoms with van der Waals surface area (Å²) in [5.74, 6) is -0.807. The summed E-state index contributed by atoms with van der Waals surface area (Å²) >= 11 is 0. The number of allylic oxidation sites excluding steroid dienone is 18. The molecule has 0 aliphatic heterocycles. The maximum atomic E-state index is 12.8. The topological polar surface area (TPSA) is 134 Å². The molecular weight excluding hydrogens is 1270 g/mol. The van der Waals surface area contributed by atoms with Crippen molar-refractivity contribution in [3.05, 3.63) is 109 Å². The number of hydrogen-bond donors (Lipinski definition) is 2. The number of ether oxygens (including phenoxy) is 2. The lowest BCUT2D eigenvalue weighted by atomic mass is 10.0. The number of unbranched alkanes of at least 4 members (excludes halogenated alkanes) is 51. The average molecular weight is 1430 g/mol. The molecule has 586 valence electrons. The molecule has 0 aromatic rings. The van der Waals surface area contributed by atoms with Crippen molar-refractivity contribution in [3.8, 4) is 0 Å². The molecule has 10 heteroatoms. The van der Waals surface area contributed by atoms with Crippen molar-refractivity contribution in [2.24, 2.45) is 5.73 Å². The van der Waals surface area contributed by atoms with Gasteiger partial charge in [-0.15, -0.1) is 0 Å². The van der Waals surface area contributed by atoms with Crippen molar-refractivity contribution in [2.45, 2.75) is 431 Å².